The maximum atomic E-state index is 12.7. The highest BCUT2D eigenvalue weighted by atomic mass is 32.2. The third kappa shape index (κ3) is 12.8. The Morgan fingerprint density at radius 1 is 1.12 bits per heavy atom. The number of methoxy groups -OCH3 is 1. The van der Waals surface area contributed by atoms with Crippen molar-refractivity contribution in [1.29, 1.82) is 5.26 Å². The molecule has 2 rings (SSSR count). The fourth-order valence-electron chi connectivity index (χ4n) is 4.62. The number of nitrogens with zero attached hydrogens (tertiary/aromatic N) is 2. The molecule has 3 atom stereocenters. The molecule has 0 heterocycles. The number of aliphatic hydroxyl groups is 1. The second-order valence-corrected chi connectivity index (χ2v) is 13.3. The van der Waals surface area contributed by atoms with Crippen molar-refractivity contribution >= 4 is 15.9 Å². The number of nitrogens with one attached hydrogen (secondary N) is 1. The van der Waals surface area contributed by atoms with Crippen molar-refractivity contribution in [2.45, 2.75) is 64.8 Å². The van der Waals surface area contributed by atoms with Gasteiger partial charge in [-0.15, -0.1) is 0 Å². The van der Waals surface area contributed by atoms with Crippen LogP contribution in [0.2, 0.25) is 0 Å². The summed E-state index contributed by atoms with van der Waals surface area (Å²) in [7, 11) is -1.71. The van der Waals surface area contributed by atoms with Gasteiger partial charge in [-0.05, 0) is 48.4 Å². The molecule has 0 aliphatic carbocycles. The highest BCUT2D eigenvalue weighted by Gasteiger charge is 2.29. The van der Waals surface area contributed by atoms with Crippen LogP contribution in [0.15, 0.2) is 54.6 Å². The lowest BCUT2D eigenvalue weighted by Gasteiger charge is -2.35. The van der Waals surface area contributed by atoms with E-state index in [1.165, 1.54) is 6.92 Å². The lowest BCUT2D eigenvalue weighted by molar-refractivity contribution is 0.0506. The van der Waals surface area contributed by atoms with E-state index in [4.69, 9.17) is 14.7 Å². The summed E-state index contributed by atoms with van der Waals surface area (Å²) in [6, 6.07) is 18.7. The smallest absolute Gasteiger partial charge is 0.407 e. The molecule has 10 heteroatoms. The number of sulfone groups is 1. The predicted octanol–water partition coefficient (Wildman–Crippen LogP) is 3.96. The zero-order chi connectivity index (χ0) is 29.8. The molecule has 0 saturated heterocycles. The number of hydrogen-bond donors (Lipinski definition) is 2. The van der Waals surface area contributed by atoms with Crippen LogP contribution in [-0.2, 0) is 27.5 Å². The molecule has 0 aromatic heterocycles. The van der Waals surface area contributed by atoms with Gasteiger partial charge in [0.2, 0.25) is 0 Å². The van der Waals surface area contributed by atoms with Crippen LogP contribution in [0.1, 0.15) is 44.7 Å². The van der Waals surface area contributed by atoms with Gasteiger partial charge in [0.1, 0.15) is 11.9 Å². The third-order valence-electron chi connectivity index (χ3n) is 6.49. The maximum absolute atomic E-state index is 12.7. The number of ether oxygens (including phenoxy) is 2. The number of aliphatic hydroxyl groups excluding tert-OH is 1. The Morgan fingerprint density at radius 2 is 1.77 bits per heavy atom. The number of rotatable bonds is 16. The summed E-state index contributed by atoms with van der Waals surface area (Å²) in [6.45, 7) is 7.12. The molecule has 0 bridgehead atoms. The molecule has 40 heavy (non-hydrogen) atoms. The van der Waals surface area contributed by atoms with Crippen molar-refractivity contribution in [2.24, 2.45) is 5.41 Å². The second-order valence-electron chi connectivity index (χ2n) is 11.2. The van der Waals surface area contributed by atoms with Gasteiger partial charge in [0, 0.05) is 32.3 Å². The number of benzene rings is 2. The average molecular weight is 574 g/mol. The van der Waals surface area contributed by atoms with Gasteiger partial charge in [0.05, 0.1) is 31.1 Å². The number of carbonyl (C=O) groups excluding carboxylic acids is 1. The van der Waals surface area contributed by atoms with Crippen LogP contribution in [0.25, 0.3) is 0 Å². The Hall–Kier alpha value is -3.13. The first-order valence-corrected chi connectivity index (χ1v) is 15.5. The summed E-state index contributed by atoms with van der Waals surface area (Å²) in [5.74, 6) is 0.458. The Bertz CT molecular complexity index is 1200. The van der Waals surface area contributed by atoms with E-state index in [0.717, 1.165) is 23.1 Å². The van der Waals surface area contributed by atoms with Gasteiger partial charge < -0.3 is 19.9 Å². The zero-order valence-electron chi connectivity index (χ0n) is 24.2. The third-order valence-corrected chi connectivity index (χ3v) is 7.56. The molecule has 1 amide bonds. The van der Waals surface area contributed by atoms with Crippen LogP contribution in [0, 0.1) is 16.7 Å². The molecule has 0 saturated carbocycles. The molecule has 0 spiro atoms. The zero-order valence-corrected chi connectivity index (χ0v) is 25.0. The quantitative estimate of drug-likeness (QED) is 0.309. The van der Waals surface area contributed by atoms with Crippen molar-refractivity contribution in [3.63, 3.8) is 0 Å². The van der Waals surface area contributed by atoms with Crippen LogP contribution >= 0.6 is 0 Å². The molecular weight excluding hydrogens is 530 g/mol. The Kier molecular flexibility index (Phi) is 12.9. The number of carbonyl (C=O) groups is 1. The van der Waals surface area contributed by atoms with Gasteiger partial charge in [0.25, 0.3) is 0 Å². The lowest BCUT2D eigenvalue weighted by Crippen LogP contribution is -2.51. The van der Waals surface area contributed by atoms with E-state index >= 15 is 0 Å². The number of nitriles is 1. The predicted molar refractivity (Wildman–Crippen MR) is 156 cm³/mol. The van der Waals surface area contributed by atoms with Gasteiger partial charge >= 0.3 is 6.09 Å². The summed E-state index contributed by atoms with van der Waals surface area (Å²) >= 11 is 0. The highest BCUT2D eigenvalue weighted by molar-refractivity contribution is 7.90. The molecular formula is C30H43N3O6S. The van der Waals surface area contributed by atoms with Crippen molar-refractivity contribution in [2.75, 3.05) is 32.2 Å². The molecule has 9 nitrogen and oxygen atoms in total. The van der Waals surface area contributed by atoms with Crippen LogP contribution < -0.4 is 10.1 Å². The van der Waals surface area contributed by atoms with E-state index in [2.05, 4.69) is 30.1 Å². The SMILES string of the molecule is COc1ccc(CN(C[C@@H](O)[C@H](Cc2ccccc2)NC(=O)OC(C)CS(C)(=O)=O)CC(C)(C)CCC#N)cc1. The highest BCUT2D eigenvalue weighted by Crippen LogP contribution is 2.25. The van der Waals surface area contributed by atoms with Gasteiger partial charge in [-0.25, -0.2) is 13.2 Å². The normalized spacial score (nSPS) is 14.2. The van der Waals surface area contributed by atoms with Gasteiger partial charge in [-0.3, -0.25) is 4.90 Å². The molecule has 2 aromatic carbocycles. The molecule has 0 aliphatic rings. The molecule has 1 unspecified atom stereocenters. The minimum Gasteiger partial charge on any atom is -0.497 e. The van der Waals surface area contributed by atoms with Gasteiger partial charge in [-0.2, -0.15) is 5.26 Å². The molecule has 2 N–H and O–H groups in total. The summed E-state index contributed by atoms with van der Waals surface area (Å²) in [4.78, 5) is 14.9. The van der Waals surface area contributed by atoms with Crippen LogP contribution in [-0.4, -0.2) is 75.0 Å². The molecule has 220 valence electrons. The van der Waals surface area contributed by atoms with Crippen LogP contribution in [0.3, 0.4) is 0 Å². The average Bonchev–Trinajstić information content (AvgIpc) is 2.86. The minimum atomic E-state index is -3.33. The Labute approximate surface area is 239 Å². The van der Waals surface area contributed by atoms with Crippen molar-refractivity contribution < 1.29 is 27.8 Å². The standard InChI is InChI=1S/C30H43N3O6S/c1-23(21-40(5,36)37)39-29(35)32-27(18-24-10-7-6-8-11-24)28(34)20-33(22-30(2,3)16-9-17-31)19-25-12-14-26(38-4)15-13-25/h6-8,10-15,23,27-28,34H,9,16,18-22H2,1-5H3,(H,32,35)/t23?,27-,28+/m0/s1. The van der Waals surface area contributed by atoms with Crippen LogP contribution in [0.5, 0.6) is 5.75 Å². The second kappa shape index (κ2) is 15.6. The first-order valence-electron chi connectivity index (χ1n) is 13.4. The topological polar surface area (TPSA) is 129 Å². The summed E-state index contributed by atoms with van der Waals surface area (Å²) < 4.78 is 33.8. The molecule has 0 radical (unpaired) electrons. The van der Waals surface area contributed by atoms with E-state index in [1.807, 2.05) is 54.6 Å². The minimum absolute atomic E-state index is 0.190. The largest absolute Gasteiger partial charge is 0.497 e. The molecule has 0 fully saturated rings. The number of hydrogen-bond acceptors (Lipinski definition) is 8. The fraction of sp³-hybridized carbons (Fsp3) is 0.533. The van der Waals surface area contributed by atoms with Crippen molar-refractivity contribution in [3.8, 4) is 11.8 Å². The van der Waals surface area contributed by atoms with Gasteiger partial charge in [-0.1, -0.05) is 56.3 Å². The number of amides is 1. The van der Waals surface area contributed by atoms with Crippen LogP contribution in [0.4, 0.5) is 4.79 Å². The van der Waals surface area contributed by atoms with Crippen molar-refractivity contribution in [3.05, 3.63) is 65.7 Å². The summed E-state index contributed by atoms with van der Waals surface area (Å²) in [5.41, 5.74) is 1.77. The maximum Gasteiger partial charge on any atom is 0.407 e. The summed E-state index contributed by atoms with van der Waals surface area (Å²) in [5, 5.41) is 23.3. The Morgan fingerprint density at radius 3 is 2.35 bits per heavy atom. The fourth-order valence-corrected chi connectivity index (χ4v) is 5.55. The summed E-state index contributed by atoms with van der Waals surface area (Å²) in [6.07, 6.45) is -0.0166. The Balaban J connectivity index is 2.24. The first kappa shape index (κ1) is 33.1. The van der Waals surface area contributed by atoms with E-state index in [0.29, 0.717) is 32.4 Å². The monoisotopic (exact) mass is 573 g/mol. The van der Waals surface area contributed by atoms with E-state index in [-0.39, 0.29) is 17.7 Å². The van der Waals surface area contributed by atoms with Crippen molar-refractivity contribution in [1.82, 2.24) is 10.2 Å². The van der Waals surface area contributed by atoms with E-state index < -0.39 is 34.2 Å². The van der Waals surface area contributed by atoms with E-state index in [9.17, 15) is 18.3 Å². The lowest BCUT2D eigenvalue weighted by atomic mass is 9.87. The number of alkyl carbamates (subject to hydrolysis) is 1. The van der Waals surface area contributed by atoms with Gasteiger partial charge in [0.15, 0.2) is 9.84 Å². The first-order chi connectivity index (χ1) is 18.8. The molecule has 2 aromatic rings. The van der Waals surface area contributed by atoms with E-state index in [1.54, 1.807) is 7.11 Å². The molecule has 0 aliphatic heterocycles.